The van der Waals surface area contributed by atoms with Crippen LogP contribution in [0.15, 0.2) is 36.7 Å². The molecule has 5 nitrogen and oxygen atoms in total. The van der Waals surface area contributed by atoms with Gasteiger partial charge in [0.1, 0.15) is 12.1 Å². The molecule has 2 aliphatic carbocycles. The number of piperidine rings is 1. The Kier molecular flexibility index (Phi) is 4.53. The van der Waals surface area contributed by atoms with Crippen LogP contribution in [0.5, 0.6) is 0 Å². The maximum Gasteiger partial charge on any atom is 0.230 e. The lowest BCUT2D eigenvalue weighted by molar-refractivity contribution is -0.124. The van der Waals surface area contributed by atoms with Crippen LogP contribution in [-0.2, 0) is 23.1 Å². The molecule has 146 valence electrons. The Balaban J connectivity index is 1.22. The van der Waals surface area contributed by atoms with Gasteiger partial charge < -0.3 is 10.2 Å². The number of nitrogens with one attached hydrogen (secondary N) is 1. The number of aryl methyl sites for hydroxylation is 1. The van der Waals surface area contributed by atoms with Crippen molar-refractivity contribution in [2.75, 3.05) is 18.0 Å². The number of amides is 1. The summed E-state index contributed by atoms with van der Waals surface area (Å²) < 4.78 is 0. The van der Waals surface area contributed by atoms with Gasteiger partial charge in [-0.1, -0.05) is 30.3 Å². The third-order valence-corrected chi connectivity index (χ3v) is 6.74. The van der Waals surface area contributed by atoms with Gasteiger partial charge in [0.05, 0.1) is 5.41 Å². The predicted octanol–water partition coefficient (Wildman–Crippen LogP) is 3.17. The molecule has 3 aliphatic rings. The molecule has 28 heavy (non-hydrogen) atoms. The van der Waals surface area contributed by atoms with Crippen molar-refractivity contribution in [1.82, 2.24) is 15.3 Å². The molecular weight excluding hydrogens is 348 g/mol. The zero-order valence-corrected chi connectivity index (χ0v) is 16.4. The minimum Gasteiger partial charge on any atom is -0.356 e. The van der Waals surface area contributed by atoms with Gasteiger partial charge in [0.2, 0.25) is 5.91 Å². The maximum atomic E-state index is 13.0. The van der Waals surface area contributed by atoms with Crippen molar-refractivity contribution < 1.29 is 4.79 Å². The first-order valence-electron chi connectivity index (χ1n) is 10.7. The first kappa shape index (κ1) is 17.7. The fourth-order valence-corrected chi connectivity index (χ4v) is 4.86. The van der Waals surface area contributed by atoms with Crippen molar-refractivity contribution in [3.8, 4) is 0 Å². The maximum absolute atomic E-state index is 13.0. The summed E-state index contributed by atoms with van der Waals surface area (Å²) in [6, 6.07) is 10.5. The molecule has 1 aliphatic heterocycles. The summed E-state index contributed by atoms with van der Waals surface area (Å²) in [5, 5.41) is 3.36. The summed E-state index contributed by atoms with van der Waals surface area (Å²) in [4.78, 5) is 24.5. The van der Waals surface area contributed by atoms with Gasteiger partial charge in [0.15, 0.2) is 0 Å². The number of anilines is 1. The highest BCUT2D eigenvalue weighted by molar-refractivity contribution is 5.91. The second-order valence-corrected chi connectivity index (χ2v) is 8.51. The number of hydrogen-bond donors (Lipinski definition) is 1. The molecule has 2 fully saturated rings. The molecule has 0 bridgehead atoms. The lowest BCUT2D eigenvalue weighted by Gasteiger charge is -2.35. The van der Waals surface area contributed by atoms with E-state index in [9.17, 15) is 4.79 Å². The summed E-state index contributed by atoms with van der Waals surface area (Å²) in [5.41, 5.74) is 3.49. The van der Waals surface area contributed by atoms with Crippen molar-refractivity contribution >= 4 is 11.7 Å². The van der Waals surface area contributed by atoms with E-state index in [1.165, 1.54) is 24.1 Å². The zero-order valence-electron chi connectivity index (χ0n) is 16.4. The molecule has 5 rings (SSSR count). The molecule has 0 unspecified atom stereocenters. The number of fused-ring (bicyclic) bond motifs is 1. The van der Waals surface area contributed by atoms with Crippen LogP contribution in [0.3, 0.4) is 0 Å². The van der Waals surface area contributed by atoms with Crippen LogP contribution in [0.4, 0.5) is 5.82 Å². The quantitative estimate of drug-likeness (QED) is 0.890. The predicted molar refractivity (Wildman–Crippen MR) is 109 cm³/mol. The molecule has 1 N–H and O–H groups in total. The van der Waals surface area contributed by atoms with E-state index < -0.39 is 0 Å². The van der Waals surface area contributed by atoms with E-state index in [1.807, 2.05) is 18.2 Å². The van der Waals surface area contributed by atoms with E-state index in [-0.39, 0.29) is 17.4 Å². The highest BCUT2D eigenvalue weighted by Crippen LogP contribution is 2.48. The largest absolute Gasteiger partial charge is 0.356 e. The molecule has 0 radical (unpaired) electrons. The fourth-order valence-electron chi connectivity index (χ4n) is 4.86. The minimum atomic E-state index is -0.274. The molecule has 1 saturated carbocycles. The van der Waals surface area contributed by atoms with E-state index in [4.69, 9.17) is 0 Å². The summed E-state index contributed by atoms with van der Waals surface area (Å²) >= 11 is 0. The van der Waals surface area contributed by atoms with Crippen LogP contribution < -0.4 is 10.2 Å². The lowest BCUT2D eigenvalue weighted by atomic mass is 9.93. The average Bonchev–Trinajstić information content (AvgIpc) is 3.57. The Labute approximate surface area is 166 Å². The van der Waals surface area contributed by atoms with Gasteiger partial charge in [-0.25, -0.2) is 9.97 Å². The van der Waals surface area contributed by atoms with Gasteiger partial charge in [-0.2, -0.15) is 0 Å². The first-order chi connectivity index (χ1) is 13.8. The summed E-state index contributed by atoms with van der Waals surface area (Å²) in [7, 11) is 0. The van der Waals surface area contributed by atoms with Crippen molar-refractivity contribution in [3.63, 3.8) is 0 Å². The first-order valence-corrected chi connectivity index (χ1v) is 10.7. The Morgan fingerprint density at radius 1 is 1.04 bits per heavy atom. The van der Waals surface area contributed by atoms with Crippen LogP contribution in [0.25, 0.3) is 0 Å². The van der Waals surface area contributed by atoms with Crippen LogP contribution in [0, 0.1) is 0 Å². The molecular formula is C23H28N4O. The molecule has 1 aromatic carbocycles. The Bertz CT molecular complexity index is 854. The van der Waals surface area contributed by atoms with Gasteiger partial charge >= 0.3 is 0 Å². The van der Waals surface area contributed by atoms with Gasteiger partial charge in [0, 0.05) is 30.4 Å². The topological polar surface area (TPSA) is 58.1 Å². The van der Waals surface area contributed by atoms with Crippen molar-refractivity contribution in [2.45, 2.75) is 62.8 Å². The fraction of sp³-hybridized carbons (Fsp3) is 0.522. The van der Waals surface area contributed by atoms with Crippen molar-refractivity contribution in [3.05, 3.63) is 53.5 Å². The Morgan fingerprint density at radius 2 is 1.79 bits per heavy atom. The van der Waals surface area contributed by atoms with E-state index in [1.54, 1.807) is 6.33 Å². The SMILES string of the molecule is O=C(NC1CCN(c2ncnc3c2CCCC3)CC1)C1(c2ccccc2)CC1. The summed E-state index contributed by atoms with van der Waals surface area (Å²) in [6.45, 7) is 1.90. The smallest absolute Gasteiger partial charge is 0.230 e. The molecule has 0 atom stereocenters. The summed E-state index contributed by atoms with van der Waals surface area (Å²) in [6.07, 6.45) is 10.3. The highest BCUT2D eigenvalue weighted by Gasteiger charge is 2.51. The normalized spacial score (nSPS) is 21.1. The van der Waals surface area contributed by atoms with E-state index in [0.29, 0.717) is 0 Å². The number of nitrogens with zero attached hydrogens (tertiary/aromatic N) is 3. The molecule has 2 heterocycles. The van der Waals surface area contributed by atoms with Crippen molar-refractivity contribution in [1.29, 1.82) is 0 Å². The van der Waals surface area contributed by atoms with Gasteiger partial charge in [-0.05, 0) is 56.9 Å². The van der Waals surface area contributed by atoms with Crippen LogP contribution >= 0.6 is 0 Å². The second-order valence-electron chi connectivity index (χ2n) is 8.51. The molecule has 1 aromatic heterocycles. The monoisotopic (exact) mass is 376 g/mol. The number of carbonyl (C=O) groups excluding carboxylic acids is 1. The van der Waals surface area contributed by atoms with E-state index in [2.05, 4.69) is 32.3 Å². The average molecular weight is 377 g/mol. The molecule has 5 heteroatoms. The number of carbonyl (C=O) groups is 1. The van der Waals surface area contributed by atoms with E-state index >= 15 is 0 Å². The van der Waals surface area contributed by atoms with Crippen LogP contribution in [0.1, 0.15) is 55.3 Å². The lowest BCUT2D eigenvalue weighted by Crippen LogP contribution is -2.48. The zero-order chi connectivity index (χ0) is 19.0. The van der Waals surface area contributed by atoms with Crippen LogP contribution in [0.2, 0.25) is 0 Å². The molecule has 1 saturated heterocycles. The molecule has 1 amide bonds. The van der Waals surface area contributed by atoms with E-state index in [0.717, 1.165) is 63.0 Å². The molecule has 0 spiro atoms. The van der Waals surface area contributed by atoms with Gasteiger partial charge in [-0.15, -0.1) is 0 Å². The number of aromatic nitrogens is 2. The number of benzene rings is 1. The standard InChI is InChI=1S/C23H28N4O/c28-22(23(12-13-23)17-6-2-1-3-7-17)26-18-10-14-27(15-11-18)21-19-8-4-5-9-20(19)24-16-25-21/h1-3,6-7,16,18H,4-5,8-15H2,(H,26,28). The summed E-state index contributed by atoms with van der Waals surface area (Å²) in [5.74, 6) is 1.36. The third-order valence-electron chi connectivity index (χ3n) is 6.74. The second kappa shape index (κ2) is 7.19. The van der Waals surface area contributed by atoms with Crippen molar-refractivity contribution in [2.24, 2.45) is 0 Å². The number of rotatable bonds is 4. The highest BCUT2D eigenvalue weighted by atomic mass is 16.2. The molecule has 2 aromatic rings. The van der Waals surface area contributed by atoms with Gasteiger partial charge in [0.25, 0.3) is 0 Å². The number of hydrogen-bond acceptors (Lipinski definition) is 4. The minimum absolute atomic E-state index is 0.219. The Morgan fingerprint density at radius 3 is 2.54 bits per heavy atom. The third kappa shape index (κ3) is 3.17. The van der Waals surface area contributed by atoms with Gasteiger partial charge in [-0.3, -0.25) is 4.79 Å². The van der Waals surface area contributed by atoms with Crippen LogP contribution in [-0.4, -0.2) is 35.0 Å². The Hall–Kier alpha value is -2.43.